The second kappa shape index (κ2) is 12.3. The van der Waals surface area contributed by atoms with Crippen molar-refractivity contribution in [3.63, 3.8) is 0 Å². The van der Waals surface area contributed by atoms with Crippen LogP contribution in [0.2, 0.25) is 0 Å². The topological polar surface area (TPSA) is 152 Å². The molecular formula is C27H31N3O7. The number of aromatic nitrogens is 1. The highest BCUT2D eigenvalue weighted by Crippen LogP contribution is 2.31. The Labute approximate surface area is 214 Å². The van der Waals surface area contributed by atoms with Gasteiger partial charge < -0.3 is 30.2 Å². The van der Waals surface area contributed by atoms with E-state index in [0.29, 0.717) is 0 Å². The number of para-hydroxylation sites is 1. The average molecular weight is 510 g/mol. The number of piperazine rings is 1. The van der Waals surface area contributed by atoms with Crippen LogP contribution in [0.5, 0.6) is 0 Å². The van der Waals surface area contributed by atoms with Crippen molar-refractivity contribution in [2.45, 2.75) is 25.4 Å². The molecule has 0 spiro atoms. The van der Waals surface area contributed by atoms with Gasteiger partial charge in [-0.1, -0.05) is 55.5 Å². The Kier molecular flexibility index (Phi) is 9.15. The molecule has 0 atom stereocenters. The highest BCUT2D eigenvalue weighted by Gasteiger charge is 2.40. The van der Waals surface area contributed by atoms with Gasteiger partial charge in [0.1, 0.15) is 5.82 Å². The summed E-state index contributed by atoms with van der Waals surface area (Å²) in [6.45, 7) is 7.70. The average Bonchev–Trinajstić information content (AvgIpc) is 2.88. The number of benzene rings is 2. The van der Waals surface area contributed by atoms with Crippen molar-refractivity contribution in [3.05, 3.63) is 60.7 Å². The number of anilines is 1. The van der Waals surface area contributed by atoms with E-state index in [-0.39, 0.29) is 0 Å². The lowest BCUT2D eigenvalue weighted by atomic mass is 9.96. The molecule has 2 heterocycles. The molecule has 10 nitrogen and oxygen atoms in total. The van der Waals surface area contributed by atoms with E-state index in [4.69, 9.17) is 25.4 Å². The summed E-state index contributed by atoms with van der Waals surface area (Å²) in [7, 11) is 0. The van der Waals surface area contributed by atoms with Crippen molar-refractivity contribution < 1.29 is 34.8 Å². The molecule has 0 aliphatic carbocycles. The van der Waals surface area contributed by atoms with E-state index < -0.39 is 36.4 Å². The molecule has 1 aromatic heterocycles. The smallest absolute Gasteiger partial charge is 0.336 e. The largest absolute Gasteiger partial charge is 0.481 e. The zero-order valence-electron chi connectivity index (χ0n) is 20.6. The third-order valence-electron chi connectivity index (χ3n) is 6.22. The molecule has 3 aromatic rings. The third-order valence-corrected chi connectivity index (χ3v) is 6.22. The Bertz CT molecular complexity index is 1230. The minimum Gasteiger partial charge on any atom is -0.481 e. The fourth-order valence-electron chi connectivity index (χ4n) is 4.19. The van der Waals surface area contributed by atoms with E-state index in [1.165, 1.54) is 16.5 Å². The van der Waals surface area contributed by atoms with Gasteiger partial charge in [-0.25, -0.2) is 9.78 Å². The van der Waals surface area contributed by atoms with Crippen molar-refractivity contribution >= 4 is 34.6 Å². The quantitative estimate of drug-likeness (QED) is 0.357. The van der Waals surface area contributed by atoms with E-state index in [0.717, 1.165) is 44.1 Å². The maximum absolute atomic E-state index is 10.3. The second-order valence-electron chi connectivity index (χ2n) is 8.81. The summed E-state index contributed by atoms with van der Waals surface area (Å²) in [4.78, 5) is 40.3. The summed E-state index contributed by atoms with van der Waals surface area (Å²) < 4.78 is 0. The predicted molar refractivity (Wildman–Crippen MR) is 139 cm³/mol. The number of carbonyl (C=O) groups is 3. The standard InChI is InChI=1S/C21H23N3.C6H8O7/c1-2-23-12-14-24(15-13-23)21-16-19(17-8-4-3-5-9-17)18-10-6-7-11-20(18)22-21;7-3(8)1-6(13,5(11)12)2-4(9)10/h3-11,16H,2,12-15H2,1H3;13H,1-2H2,(H,7,8)(H,9,10)(H,11,12). The Balaban J connectivity index is 0.000000251. The predicted octanol–water partition coefficient (Wildman–Crippen LogP) is 2.80. The van der Waals surface area contributed by atoms with Gasteiger partial charge in [0.25, 0.3) is 0 Å². The van der Waals surface area contributed by atoms with Crippen LogP contribution in [0.25, 0.3) is 22.0 Å². The van der Waals surface area contributed by atoms with Crippen LogP contribution in [0.15, 0.2) is 60.7 Å². The Morgan fingerprint density at radius 3 is 1.97 bits per heavy atom. The van der Waals surface area contributed by atoms with E-state index in [1.807, 2.05) is 0 Å². The van der Waals surface area contributed by atoms with E-state index in [1.54, 1.807) is 0 Å². The van der Waals surface area contributed by atoms with Gasteiger partial charge in [0.15, 0.2) is 5.60 Å². The number of aliphatic hydroxyl groups is 1. The monoisotopic (exact) mass is 509 g/mol. The number of aliphatic carboxylic acids is 3. The number of rotatable bonds is 8. The normalized spacial score (nSPS) is 14.1. The number of carboxylic acid groups (broad SMARTS) is 3. The minimum absolute atomic E-state index is 1.05. The molecular weight excluding hydrogens is 478 g/mol. The van der Waals surface area contributed by atoms with Gasteiger partial charge in [0.2, 0.25) is 0 Å². The lowest BCUT2D eigenvalue weighted by Gasteiger charge is -2.35. The SMILES string of the molecule is CCN1CCN(c2cc(-c3ccccc3)c3ccccc3n2)CC1.O=C(O)CC(O)(CC(=O)O)C(=O)O. The zero-order valence-corrected chi connectivity index (χ0v) is 20.6. The number of nitrogens with zero attached hydrogens (tertiary/aromatic N) is 3. The molecule has 0 radical (unpaired) electrons. The van der Waals surface area contributed by atoms with Gasteiger partial charge in [0, 0.05) is 31.6 Å². The number of hydrogen-bond acceptors (Lipinski definition) is 7. The lowest BCUT2D eigenvalue weighted by molar-refractivity contribution is -0.170. The van der Waals surface area contributed by atoms with Crippen molar-refractivity contribution in [1.82, 2.24) is 9.88 Å². The van der Waals surface area contributed by atoms with Crippen LogP contribution in [-0.2, 0) is 14.4 Å². The summed E-state index contributed by atoms with van der Waals surface area (Å²) in [5.41, 5.74) is 0.864. The van der Waals surface area contributed by atoms with E-state index in [9.17, 15) is 14.4 Å². The first-order valence-corrected chi connectivity index (χ1v) is 11.9. The number of pyridine rings is 1. The second-order valence-corrected chi connectivity index (χ2v) is 8.81. The molecule has 4 rings (SSSR count). The highest BCUT2D eigenvalue weighted by molar-refractivity contribution is 5.96. The Morgan fingerprint density at radius 1 is 0.865 bits per heavy atom. The molecule has 2 aromatic carbocycles. The summed E-state index contributed by atoms with van der Waals surface area (Å²) in [6.07, 6.45) is -2.29. The van der Waals surface area contributed by atoms with Gasteiger partial charge in [-0.3, -0.25) is 9.59 Å². The maximum Gasteiger partial charge on any atom is 0.336 e. The minimum atomic E-state index is -2.74. The first-order chi connectivity index (χ1) is 17.6. The van der Waals surface area contributed by atoms with Crippen LogP contribution in [0.1, 0.15) is 19.8 Å². The van der Waals surface area contributed by atoms with Crippen molar-refractivity contribution in [1.29, 1.82) is 0 Å². The molecule has 0 amide bonds. The van der Waals surface area contributed by atoms with Gasteiger partial charge in [0.05, 0.1) is 18.4 Å². The molecule has 1 saturated heterocycles. The Morgan fingerprint density at radius 2 is 1.43 bits per heavy atom. The maximum atomic E-state index is 10.3. The van der Waals surface area contributed by atoms with E-state index >= 15 is 0 Å². The fourth-order valence-corrected chi connectivity index (χ4v) is 4.19. The van der Waals surface area contributed by atoms with Crippen LogP contribution in [0.3, 0.4) is 0 Å². The van der Waals surface area contributed by atoms with Crippen molar-refractivity contribution in [3.8, 4) is 11.1 Å². The molecule has 1 aliphatic rings. The van der Waals surface area contributed by atoms with Crippen LogP contribution in [0, 0.1) is 0 Å². The molecule has 4 N–H and O–H groups in total. The molecule has 0 bridgehead atoms. The molecule has 1 aliphatic heterocycles. The molecule has 0 unspecified atom stereocenters. The van der Waals surface area contributed by atoms with E-state index in [2.05, 4.69) is 77.4 Å². The first-order valence-electron chi connectivity index (χ1n) is 11.9. The molecule has 196 valence electrons. The molecule has 0 saturated carbocycles. The van der Waals surface area contributed by atoms with Crippen LogP contribution < -0.4 is 4.90 Å². The highest BCUT2D eigenvalue weighted by atomic mass is 16.4. The summed E-state index contributed by atoms with van der Waals surface area (Å²) in [5.74, 6) is -3.92. The van der Waals surface area contributed by atoms with Crippen molar-refractivity contribution in [2.24, 2.45) is 0 Å². The third kappa shape index (κ3) is 7.25. The molecule has 37 heavy (non-hydrogen) atoms. The van der Waals surface area contributed by atoms with Gasteiger partial charge >= 0.3 is 17.9 Å². The Hall–Kier alpha value is -4.02. The van der Waals surface area contributed by atoms with Crippen molar-refractivity contribution in [2.75, 3.05) is 37.6 Å². The number of likely N-dealkylation sites (N-methyl/N-ethyl adjacent to an activating group) is 1. The summed E-state index contributed by atoms with van der Waals surface area (Å²) in [5, 5.41) is 35.0. The number of fused-ring (bicyclic) bond motifs is 1. The van der Waals surface area contributed by atoms with Gasteiger partial charge in [-0.05, 0) is 29.8 Å². The lowest BCUT2D eigenvalue weighted by Crippen LogP contribution is -2.46. The molecule has 10 heteroatoms. The van der Waals surface area contributed by atoms with Gasteiger partial charge in [-0.2, -0.15) is 0 Å². The summed E-state index contributed by atoms with van der Waals surface area (Å²) in [6, 6.07) is 21.3. The first kappa shape index (κ1) is 27.6. The van der Waals surface area contributed by atoms with Gasteiger partial charge in [-0.15, -0.1) is 0 Å². The zero-order chi connectivity index (χ0) is 27.0. The number of carboxylic acids is 3. The molecule has 1 fully saturated rings. The van der Waals surface area contributed by atoms with Crippen LogP contribution >= 0.6 is 0 Å². The fraction of sp³-hybridized carbons (Fsp3) is 0.333. The summed E-state index contributed by atoms with van der Waals surface area (Å²) >= 11 is 0. The van der Waals surface area contributed by atoms with Crippen LogP contribution in [0.4, 0.5) is 5.82 Å². The number of hydrogen-bond donors (Lipinski definition) is 4. The van der Waals surface area contributed by atoms with Crippen LogP contribution in [-0.4, -0.2) is 86.5 Å².